The van der Waals surface area contributed by atoms with E-state index in [4.69, 9.17) is 4.84 Å². The number of carbonyl (C=O) groups excluding carboxylic acids is 2. The van der Waals surface area contributed by atoms with Gasteiger partial charge in [-0.2, -0.15) is 0 Å². The van der Waals surface area contributed by atoms with Crippen LogP contribution in [0.2, 0.25) is 0 Å². The molecule has 174 valence electrons. The molecule has 1 atom stereocenters. The lowest BCUT2D eigenvalue weighted by Crippen LogP contribution is -2.38. The number of phenols is 1. The summed E-state index contributed by atoms with van der Waals surface area (Å²) in [7, 11) is 1.46. The highest BCUT2D eigenvalue weighted by atomic mass is 16.6. The lowest BCUT2D eigenvalue weighted by molar-refractivity contribution is -0.117. The number of benzene rings is 3. The van der Waals surface area contributed by atoms with Crippen LogP contribution in [0.15, 0.2) is 78.0 Å². The number of hydrogen-bond donors (Lipinski definition) is 2. The minimum atomic E-state index is -0.372. The fourth-order valence-electron chi connectivity index (χ4n) is 4.24. The number of amides is 2. The van der Waals surface area contributed by atoms with Gasteiger partial charge in [-0.3, -0.25) is 9.59 Å². The summed E-state index contributed by atoms with van der Waals surface area (Å²) in [6.07, 6.45) is 0.513. The van der Waals surface area contributed by atoms with E-state index in [2.05, 4.69) is 29.5 Å². The number of rotatable bonds is 6. The highest BCUT2D eigenvalue weighted by Crippen LogP contribution is 2.27. The monoisotopic (exact) mass is 457 g/mol. The fraction of sp³-hybridized carbons (Fsp3) is 0.222. The summed E-state index contributed by atoms with van der Waals surface area (Å²) in [5.41, 5.74) is 4.90. The third-order valence-electron chi connectivity index (χ3n) is 5.93. The summed E-state index contributed by atoms with van der Waals surface area (Å²) in [5, 5.41) is 16.7. The lowest BCUT2D eigenvalue weighted by atomic mass is 9.99. The molecule has 2 N–H and O–H groups in total. The third-order valence-corrected chi connectivity index (χ3v) is 5.93. The molecule has 3 aromatic carbocycles. The molecule has 0 radical (unpaired) electrons. The average Bonchev–Trinajstić information content (AvgIpc) is 3.22. The second-order valence-electron chi connectivity index (χ2n) is 8.29. The SMILES string of the molecule is CON=C1C[C@@H](CC(=O)Nc2ccccc2O)N(C(=O)c2ccc(-c3ccccc3C)cc2)C1. The van der Waals surface area contributed by atoms with Crippen molar-refractivity contribution in [2.45, 2.75) is 25.8 Å². The number of likely N-dealkylation sites (tertiary alicyclic amines) is 1. The zero-order valence-corrected chi connectivity index (χ0v) is 19.2. The molecule has 1 aliphatic heterocycles. The number of aryl methyl sites for hydroxylation is 1. The summed E-state index contributed by atoms with van der Waals surface area (Å²) in [6.45, 7) is 2.35. The average molecular weight is 458 g/mol. The molecule has 1 aliphatic rings. The number of anilines is 1. The van der Waals surface area contributed by atoms with E-state index in [1.165, 1.54) is 13.2 Å². The number of aromatic hydroxyl groups is 1. The van der Waals surface area contributed by atoms with Crippen LogP contribution in [-0.2, 0) is 9.63 Å². The molecule has 0 spiro atoms. The largest absolute Gasteiger partial charge is 0.506 e. The molecule has 0 unspecified atom stereocenters. The maximum absolute atomic E-state index is 13.4. The molecule has 7 nitrogen and oxygen atoms in total. The molecule has 1 saturated heterocycles. The highest BCUT2D eigenvalue weighted by molar-refractivity contribution is 6.02. The first-order valence-corrected chi connectivity index (χ1v) is 11.1. The van der Waals surface area contributed by atoms with E-state index >= 15 is 0 Å². The molecule has 0 saturated carbocycles. The van der Waals surface area contributed by atoms with Crippen molar-refractivity contribution in [1.29, 1.82) is 0 Å². The Labute approximate surface area is 198 Å². The van der Waals surface area contributed by atoms with Gasteiger partial charge in [0, 0.05) is 24.4 Å². The van der Waals surface area contributed by atoms with E-state index in [9.17, 15) is 14.7 Å². The van der Waals surface area contributed by atoms with Crippen LogP contribution in [-0.4, -0.2) is 47.2 Å². The van der Waals surface area contributed by atoms with Gasteiger partial charge < -0.3 is 20.2 Å². The smallest absolute Gasteiger partial charge is 0.254 e. The number of hydrogen-bond acceptors (Lipinski definition) is 5. The van der Waals surface area contributed by atoms with Gasteiger partial charge in [0.1, 0.15) is 12.9 Å². The molecular weight excluding hydrogens is 430 g/mol. The molecule has 0 bridgehead atoms. The van der Waals surface area contributed by atoms with Gasteiger partial charge >= 0.3 is 0 Å². The quantitative estimate of drug-likeness (QED) is 0.418. The summed E-state index contributed by atoms with van der Waals surface area (Å²) >= 11 is 0. The first-order valence-electron chi connectivity index (χ1n) is 11.1. The maximum Gasteiger partial charge on any atom is 0.254 e. The van der Waals surface area contributed by atoms with Crippen LogP contribution < -0.4 is 5.32 Å². The Morgan fingerprint density at radius 2 is 1.76 bits per heavy atom. The van der Waals surface area contributed by atoms with E-state index in [0.29, 0.717) is 29.9 Å². The van der Waals surface area contributed by atoms with Crippen LogP contribution >= 0.6 is 0 Å². The molecular formula is C27H27N3O4. The predicted molar refractivity (Wildman–Crippen MR) is 132 cm³/mol. The topological polar surface area (TPSA) is 91.2 Å². The standard InChI is InChI=1S/C27H27N3O4/c1-18-7-3-4-8-23(18)19-11-13-20(14-12-19)27(33)30-17-21(29-34-2)15-22(30)16-26(32)28-24-9-5-6-10-25(24)31/h3-14,22,31H,15-17H2,1-2H3,(H,28,32)/t22-/m0/s1. The van der Waals surface area contributed by atoms with E-state index in [0.717, 1.165) is 16.7 Å². The number of phenolic OH excluding ortho intramolecular Hbond substituents is 1. The normalized spacial score (nSPS) is 16.5. The molecule has 7 heteroatoms. The van der Waals surface area contributed by atoms with Gasteiger partial charge in [-0.05, 0) is 47.9 Å². The fourth-order valence-corrected chi connectivity index (χ4v) is 4.24. The van der Waals surface area contributed by atoms with Gasteiger partial charge in [-0.15, -0.1) is 0 Å². The zero-order chi connectivity index (χ0) is 24.1. The number of carbonyl (C=O) groups is 2. The Kier molecular flexibility index (Phi) is 6.92. The molecule has 3 aromatic rings. The Bertz CT molecular complexity index is 1220. The van der Waals surface area contributed by atoms with Gasteiger partial charge in [-0.25, -0.2) is 0 Å². The second-order valence-corrected chi connectivity index (χ2v) is 8.29. The maximum atomic E-state index is 13.4. The molecule has 34 heavy (non-hydrogen) atoms. The van der Waals surface area contributed by atoms with E-state index in [1.54, 1.807) is 23.1 Å². The predicted octanol–water partition coefficient (Wildman–Crippen LogP) is 4.61. The number of nitrogens with zero attached hydrogens (tertiary/aromatic N) is 2. The van der Waals surface area contributed by atoms with Gasteiger partial charge in [0.25, 0.3) is 5.91 Å². The molecule has 4 rings (SSSR count). The van der Waals surface area contributed by atoms with Crippen molar-refractivity contribution in [3.63, 3.8) is 0 Å². The van der Waals surface area contributed by atoms with Crippen molar-refractivity contribution in [2.24, 2.45) is 5.16 Å². The number of nitrogens with one attached hydrogen (secondary N) is 1. The molecule has 0 aliphatic carbocycles. The molecule has 1 fully saturated rings. The van der Waals surface area contributed by atoms with Gasteiger partial charge in [0.15, 0.2) is 0 Å². The highest BCUT2D eigenvalue weighted by Gasteiger charge is 2.35. The van der Waals surface area contributed by atoms with Crippen LogP contribution in [0.25, 0.3) is 11.1 Å². The minimum absolute atomic E-state index is 0.00872. The first kappa shape index (κ1) is 23.0. The summed E-state index contributed by atoms with van der Waals surface area (Å²) < 4.78 is 0. The third kappa shape index (κ3) is 5.09. The van der Waals surface area contributed by atoms with Crippen LogP contribution in [0, 0.1) is 6.92 Å². The van der Waals surface area contributed by atoms with E-state index < -0.39 is 0 Å². The molecule has 0 aromatic heterocycles. The minimum Gasteiger partial charge on any atom is -0.506 e. The lowest BCUT2D eigenvalue weighted by Gasteiger charge is -2.24. The van der Waals surface area contributed by atoms with Crippen LogP contribution in [0.3, 0.4) is 0 Å². The Hall–Kier alpha value is -4.13. The number of oxime groups is 1. The van der Waals surface area contributed by atoms with Crippen molar-refractivity contribution in [3.8, 4) is 16.9 Å². The summed E-state index contributed by atoms with van der Waals surface area (Å²) in [4.78, 5) is 32.6. The van der Waals surface area contributed by atoms with Crippen LogP contribution in [0.1, 0.15) is 28.8 Å². The molecule has 1 heterocycles. The van der Waals surface area contributed by atoms with Crippen molar-refractivity contribution in [2.75, 3.05) is 19.0 Å². The van der Waals surface area contributed by atoms with Crippen LogP contribution in [0.4, 0.5) is 5.69 Å². The first-order chi connectivity index (χ1) is 16.5. The van der Waals surface area contributed by atoms with Crippen molar-refractivity contribution in [3.05, 3.63) is 83.9 Å². The summed E-state index contributed by atoms with van der Waals surface area (Å²) in [5.74, 6) is -0.471. The van der Waals surface area contributed by atoms with E-state index in [-0.39, 0.29) is 30.0 Å². The summed E-state index contributed by atoms with van der Waals surface area (Å²) in [6, 6.07) is 21.8. The Morgan fingerprint density at radius 3 is 2.47 bits per heavy atom. The van der Waals surface area contributed by atoms with Gasteiger partial charge in [0.2, 0.25) is 5.91 Å². The Balaban J connectivity index is 1.51. The van der Waals surface area contributed by atoms with Crippen molar-refractivity contribution >= 4 is 23.2 Å². The van der Waals surface area contributed by atoms with E-state index in [1.807, 2.05) is 36.4 Å². The van der Waals surface area contributed by atoms with Crippen molar-refractivity contribution < 1.29 is 19.5 Å². The Morgan fingerprint density at radius 1 is 1.06 bits per heavy atom. The molecule has 2 amide bonds. The van der Waals surface area contributed by atoms with Gasteiger partial charge in [-0.1, -0.05) is 53.7 Å². The second kappa shape index (κ2) is 10.2. The number of para-hydroxylation sites is 2. The van der Waals surface area contributed by atoms with Crippen LogP contribution in [0.5, 0.6) is 5.75 Å². The zero-order valence-electron chi connectivity index (χ0n) is 19.2. The van der Waals surface area contributed by atoms with Gasteiger partial charge in [0.05, 0.1) is 17.9 Å². The van der Waals surface area contributed by atoms with Crippen molar-refractivity contribution in [1.82, 2.24) is 4.90 Å².